The smallest absolute Gasteiger partial charge is 0.321 e. The molecule has 0 amide bonds. The first-order valence-electron chi connectivity index (χ1n) is 4.16. The van der Waals surface area contributed by atoms with Crippen molar-refractivity contribution in [1.82, 2.24) is 4.98 Å². The molecule has 0 spiro atoms. The van der Waals surface area contributed by atoms with Crippen LogP contribution in [0.5, 0.6) is 0 Å². The lowest BCUT2D eigenvalue weighted by atomic mass is 9.94. The molecule has 0 saturated heterocycles. The van der Waals surface area contributed by atoms with E-state index in [0.29, 0.717) is 0 Å². The Bertz CT molecular complexity index is 375. The molecule has 1 fully saturated rings. The SMILES string of the molecule is NC(C(=O)O)C1(c2csc(Br)n2)CC1. The van der Waals surface area contributed by atoms with Gasteiger partial charge in [-0.2, -0.15) is 0 Å². The molecule has 1 aliphatic rings. The zero-order valence-electron chi connectivity index (χ0n) is 7.24. The van der Waals surface area contributed by atoms with Crippen molar-refractivity contribution >= 4 is 33.2 Å². The zero-order valence-corrected chi connectivity index (χ0v) is 9.64. The van der Waals surface area contributed by atoms with Gasteiger partial charge in [-0.15, -0.1) is 11.3 Å². The summed E-state index contributed by atoms with van der Waals surface area (Å²) in [6.45, 7) is 0. The summed E-state index contributed by atoms with van der Waals surface area (Å²) in [6.07, 6.45) is 1.63. The van der Waals surface area contributed by atoms with Gasteiger partial charge in [0, 0.05) is 10.8 Å². The maximum atomic E-state index is 10.8. The second-order valence-corrected chi connectivity index (χ2v) is 5.59. The van der Waals surface area contributed by atoms with Crippen molar-refractivity contribution in [2.75, 3.05) is 0 Å². The van der Waals surface area contributed by atoms with Crippen LogP contribution in [0.4, 0.5) is 0 Å². The molecule has 76 valence electrons. The normalized spacial score (nSPS) is 20.4. The Balaban J connectivity index is 2.29. The molecule has 1 aliphatic carbocycles. The predicted octanol–water partition coefficient (Wildman–Crippen LogP) is 1.35. The highest BCUT2D eigenvalue weighted by Crippen LogP contribution is 2.50. The first-order chi connectivity index (χ1) is 6.56. The second-order valence-electron chi connectivity index (χ2n) is 3.46. The maximum Gasteiger partial charge on any atom is 0.321 e. The molecule has 0 bridgehead atoms. The number of aliphatic carboxylic acids is 1. The fraction of sp³-hybridized carbons (Fsp3) is 0.500. The summed E-state index contributed by atoms with van der Waals surface area (Å²) >= 11 is 4.72. The molecular formula is C8H9BrN2O2S. The standard InChI is InChI=1S/C8H9BrN2O2S/c9-7-11-4(3-14-7)8(1-2-8)5(10)6(12)13/h3,5H,1-2,10H2,(H,12,13). The lowest BCUT2D eigenvalue weighted by molar-refractivity contribution is -0.139. The molecular weight excluding hydrogens is 268 g/mol. The van der Waals surface area contributed by atoms with Crippen LogP contribution < -0.4 is 5.73 Å². The fourth-order valence-electron chi connectivity index (χ4n) is 1.58. The molecule has 1 atom stereocenters. The number of rotatable bonds is 3. The summed E-state index contributed by atoms with van der Waals surface area (Å²) in [5.74, 6) is -0.952. The molecule has 0 aromatic carbocycles. The van der Waals surface area contributed by atoms with Crippen molar-refractivity contribution < 1.29 is 9.90 Å². The molecule has 0 radical (unpaired) electrons. The van der Waals surface area contributed by atoms with Gasteiger partial charge in [0.15, 0.2) is 3.92 Å². The molecule has 0 aliphatic heterocycles. The van der Waals surface area contributed by atoms with E-state index in [1.807, 2.05) is 5.38 Å². The van der Waals surface area contributed by atoms with Gasteiger partial charge in [0.25, 0.3) is 0 Å². The number of hydrogen-bond acceptors (Lipinski definition) is 4. The van der Waals surface area contributed by atoms with Gasteiger partial charge < -0.3 is 10.8 Å². The molecule has 1 heterocycles. The topological polar surface area (TPSA) is 76.2 Å². The molecule has 1 aromatic heterocycles. The highest BCUT2D eigenvalue weighted by molar-refractivity contribution is 9.11. The molecule has 1 unspecified atom stereocenters. The van der Waals surface area contributed by atoms with Crippen LogP contribution in [-0.2, 0) is 10.2 Å². The summed E-state index contributed by atoms with van der Waals surface area (Å²) < 4.78 is 0.774. The number of nitrogens with two attached hydrogens (primary N) is 1. The molecule has 6 heteroatoms. The van der Waals surface area contributed by atoms with E-state index in [-0.39, 0.29) is 0 Å². The average molecular weight is 277 g/mol. The third kappa shape index (κ3) is 1.47. The Morgan fingerprint density at radius 2 is 2.43 bits per heavy atom. The van der Waals surface area contributed by atoms with Gasteiger partial charge in [0.2, 0.25) is 0 Å². The van der Waals surface area contributed by atoms with Crippen LogP contribution in [0.3, 0.4) is 0 Å². The van der Waals surface area contributed by atoms with Crippen LogP contribution in [0.15, 0.2) is 9.30 Å². The van der Waals surface area contributed by atoms with Crippen LogP contribution in [0, 0.1) is 0 Å². The molecule has 4 nitrogen and oxygen atoms in total. The molecule has 1 saturated carbocycles. The minimum Gasteiger partial charge on any atom is -0.480 e. The molecule has 2 rings (SSSR count). The lowest BCUT2D eigenvalue weighted by Crippen LogP contribution is -2.42. The van der Waals surface area contributed by atoms with E-state index >= 15 is 0 Å². The number of hydrogen-bond donors (Lipinski definition) is 2. The number of halogens is 1. The van der Waals surface area contributed by atoms with Crippen molar-refractivity contribution in [3.05, 3.63) is 15.0 Å². The number of aromatic nitrogens is 1. The van der Waals surface area contributed by atoms with Crippen molar-refractivity contribution in [3.63, 3.8) is 0 Å². The van der Waals surface area contributed by atoms with E-state index in [0.717, 1.165) is 22.5 Å². The third-order valence-electron chi connectivity index (χ3n) is 2.64. The van der Waals surface area contributed by atoms with E-state index < -0.39 is 17.4 Å². The zero-order chi connectivity index (χ0) is 10.3. The van der Waals surface area contributed by atoms with Gasteiger partial charge in [0.05, 0.1) is 5.69 Å². The van der Waals surface area contributed by atoms with Crippen LogP contribution in [-0.4, -0.2) is 22.1 Å². The molecule has 14 heavy (non-hydrogen) atoms. The Labute approximate surface area is 93.3 Å². The minimum absolute atomic E-state index is 0.408. The lowest BCUT2D eigenvalue weighted by Gasteiger charge is -2.16. The highest BCUT2D eigenvalue weighted by atomic mass is 79.9. The van der Waals surface area contributed by atoms with Gasteiger partial charge in [0.1, 0.15) is 6.04 Å². The quantitative estimate of drug-likeness (QED) is 0.874. The number of thiazole rings is 1. The summed E-state index contributed by atoms with van der Waals surface area (Å²) in [5.41, 5.74) is 6.05. The Kier molecular flexibility index (Phi) is 2.36. The summed E-state index contributed by atoms with van der Waals surface area (Å²) in [7, 11) is 0. The molecule has 3 N–H and O–H groups in total. The highest BCUT2D eigenvalue weighted by Gasteiger charge is 2.54. The summed E-state index contributed by atoms with van der Waals surface area (Å²) in [6, 6.07) is -0.837. The van der Waals surface area contributed by atoms with Crippen LogP contribution in [0.2, 0.25) is 0 Å². The van der Waals surface area contributed by atoms with E-state index in [1.165, 1.54) is 11.3 Å². The van der Waals surface area contributed by atoms with E-state index in [4.69, 9.17) is 10.8 Å². The van der Waals surface area contributed by atoms with Crippen LogP contribution in [0.1, 0.15) is 18.5 Å². The summed E-state index contributed by atoms with van der Waals surface area (Å²) in [4.78, 5) is 15.0. The molecule has 1 aromatic rings. The number of carboxylic acid groups (broad SMARTS) is 1. The van der Waals surface area contributed by atoms with Gasteiger partial charge in [-0.05, 0) is 28.8 Å². The first kappa shape index (κ1) is 10.1. The monoisotopic (exact) mass is 276 g/mol. The Morgan fingerprint density at radius 1 is 1.79 bits per heavy atom. The Morgan fingerprint density at radius 3 is 2.79 bits per heavy atom. The number of nitrogens with zero attached hydrogens (tertiary/aromatic N) is 1. The number of carbonyl (C=O) groups is 1. The van der Waals surface area contributed by atoms with Gasteiger partial charge in [-0.1, -0.05) is 0 Å². The van der Waals surface area contributed by atoms with Crippen molar-refractivity contribution in [1.29, 1.82) is 0 Å². The van der Waals surface area contributed by atoms with Gasteiger partial charge in [-0.25, -0.2) is 4.98 Å². The average Bonchev–Trinajstić information content (AvgIpc) is 2.83. The number of carboxylic acids is 1. The van der Waals surface area contributed by atoms with Crippen molar-refractivity contribution in [2.24, 2.45) is 5.73 Å². The van der Waals surface area contributed by atoms with Crippen molar-refractivity contribution in [2.45, 2.75) is 24.3 Å². The third-order valence-corrected chi connectivity index (χ3v) is 4.00. The maximum absolute atomic E-state index is 10.8. The second kappa shape index (κ2) is 3.29. The predicted molar refractivity (Wildman–Crippen MR) is 56.3 cm³/mol. The van der Waals surface area contributed by atoms with E-state index in [9.17, 15) is 4.79 Å². The van der Waals surface area contributed by atoms with Gasteiger partial charge >= 0.3 is 5.97 Å². The van der Waals surface area contributed by atoms with Crippen LogP contribution >= 0.6 is 27.3 Å². The minimum atomic E-state index is -0.952. The van der Waals surface area contributed by atoms with E-state index in [1.54, 1.807) is 0 Å². The Hall–Kier alpha value is -0.460. The van der Waals surface area contributed by atoms with Gasteiger partial charge in [-0.3, -0.25) is 4.79 Å². The van der Waals surface area contributed by atoms with E-state index in [2.05, 4.69) is 20.9 Å². The van der Waals surface area contributed by atoms with Crippen molar-refractivity contribution in [3.8, 4) is 0 Å². The van der Waals surface area contributed by atoms with Crippen LogP contribution in [0.25, 0.3) is 0 Å². The fourth-order valence-corrected chi connectivity index (χ4v) is 2.70. The largest absolute Gasteiger partial charge is 0.480 e. The summed E-state index contributed by atoms with van der Waals surface area (Å²) in [5, 5.41) is 10.7. The first-order valence-corrected chi connectivity index (χ1v) is 5.83.